The van der Waals surface area contributed by atoms with E-state index in [1.54, 1.807) is 6.07 Å². The first-order chi connectivity index (χ1) is 12.6. The van der Waals surface area contributed by atoms with E-state index >= 15 is 0 Å². The van der Waals surface area contributed by atoms with E-state index in [0.717, 1.165) is 17.6 Å². The van der Waals surface area contributed by atoms with Crippen molar-refractivity contribution in [2.45, 2.75) is 4.90 Å². The number of imide groups is 1. The van der Waals surface area contributed by atoms with Gasteiger partial charge in [0.05, 0.1) is 25.7 Å². The van der Waals surface area contributed by atoms with Crippen LogP contribution < -0.4 is 10.6 Å². The summed E-state index contributed by atoms with van der Waals surface area (Å²) in [6.07, 6.45) is 1.11. The van der Waals surface area contributed by atoms with E-state index in [9.17, 15) is 18.0 Å². The van der Waals surface area contributed by atoms with Crippen molar-refractivity contribution < 1.29 is 18.0 Å². The highest BCUT2D eigenvalue weighted by Gasteiger charge is 2.16. The van der Waals surface area contributed by atoms with Gasteiger partial charge in [0.25, 0.3) is 5.91 Å². The van der Waals surface area contributed by atoms with Crippen LogP contribution in [0.2, 0.25) is 10.0 Å². The van der Waals surface area contributed by atoms with Gasteiger partial charge in [-0.3, -0.25) is 15.4 Å². The highest BCUT2D eigenvalue weighted by Crippen LogP contribution is 2.28. The lowest BCUT2D eigenvalue weighted by Gasteiger charge is -2.06. The molecule has 27 heavy (non-hydrogen) atoms. The molecular formula is C16H11Cl2N3O4S2. The fraction of sp³-hybridized carbons (Fsp3) is 0.0625. The first-order valence-electron chi connectivity index (χ1n) is 7.31. The lowest BCUT2D eigenvalue weighted by Crippen LogP contribution is -2.34. The average Bonchev–Trinajstić information content (AvgIpc) is 2.94. The molecule has 0 radical (unpaired) electrons. The maximum absolute atomic E-state index is 12.1. The largest absolute Gasteiger partial charge is 0.327 e. The van der Waals surface area contributed by atoms with Crippen molar-refractivity contribution in [2.75, 3.05) is 11.6 Å². The molecule has 0 bridgehead atoms. The van der Waals surface area contributed by atoms with E-state index in [1.165, 1.54) is 30.3 Å². The first kappa shape index (κ1) is 19.6. The van der Waals surface area contributed by atoms with Crippen molar-refractivity contribution >= 4 is 71.7 Å². The lowest BCUT2D eigenvalue weighted by molar-refractivity contribution is 0.0967. The third-order valence-electron chi connectivity index (χ3n) is 3.41. The molecule has 2 aromatic carbocycles. The molecule has 0 atom stereocenters. The molecule has 0 aliphatic heterocycles. The zero-order chi connectivity index (χ0) is 19.8. The van der Waals surface area contributed by atoms with Gasteiger partial charge in [-0.2, -0.15) is 0 Å². The number of amides is 3. The second-order valence-electron chi connectivity index (χ2n) is 5.45. The summed E-state index contributed by atoms with van der Waals surface area (Å²) in [5.41, 5.74) is 0.619. The number of nitrogens with zero attached hydrogens (tertiary/aromatic N) is 1. The van der Waals surface area contributed by atoms with Crippen molar-refractivity contribution in [1.82, 2.24) is 10.3 Å². The summed E-state index contributed by atoms with van der Waals surface area (Å²) >= 11 is 12.8. The van der Waals surface area contributed by atoms with Gasteiger partial charge in [0.2, 0.25) is 0 Å². The fourth-order valence-corrected chi connectivity index (χ4v) is 4.28. The molecule has 0 fully saturated rings. The van der Waals surface area contributed by atoms with Crippen LogP contribution >= 0.6 is 34.5 Å². The number of benzene rings is 2. The summed E-state index contributed by atoms with van der Waals surface area (Å²) in [6, 6.07) is 7.93. The van der Waals surface area contributed by atoms with Crippen LogP contribution in [0.1, 0.15) is 10.4 Å². The van der Waals surface area contributed by atoms with Crippen LogP contribution in [0.25, 0.3) is 10.2 Å². The van der Waals surface area contributed by atoms with Crippen LogP contribution in [0.4, 0.5) is 9.93 Å². The molecule has 140 valence electrons. The monoisotopic (exact) mass is 443 g/mol. The van der Waals surface area contributed by atoms with Gasteiger partial charge in [-0.05, 0) is 36.4 Å². The molecule has 3 aromatic rings. The molecule has 0 saturated heterocycles. The zero-order valence-electron chi connectivity index (χ0n) is 13.6. The smallest absolute Gasteiger partial charge is 0.283 e. The minimum absolute atomic E-state index is 0.0957. The van der Waals surface area contributed by atoms with Crippen LogP contribution in [0.5, 0.6) is 0 Å². The fourth-order valence-electron chi connectivity index (χ4n) is 2.16. The van der Waals surface area contributed by atoms with E-state index < -0.39 is 21.8 Å². The number of aromatic nitrogens is 1. The van der Waals surface area contributed by atoms with Crippen molar-refractivity contribution in [3.63, 3.8) is 0 Å². The van der Waals surface area contributed by atoms with E-state index in [2.05, 4.69) is 15.6 Å². The average molecular weight is 444 g/mol. The van der Waals surface area contributed by atoms with Crippen LogP contribution in [-0.4, -0.2) is 31.6 Å². The van der Waals surface area contributed by atoms with Gasteiger partial charge in [0.15, 0.2) is 15.0 Å². The number of nitrogens with one attached hydrogen (secondary N) is 2. The molecule has 1 aromatic heterocycles. The number of carbonyl (C=O) groups excluding carboxylic acids is 2. The second-order valence-corrected chi connectivity index (χ2v) is 9.34. The van der Waals surface area contributed by atoms with Crippen LogP contribution in [0, 0.1) is 0 Å². The molecular weight excluding hydrogens is 433 g/mol. The van der Waals surface area contributed by atoms with E-state index in [4.69, 9.17) is 23.2 Å². The quantitative estimate of drug-likeness (QED) is 0.636. The lowest BCUT2D eigenvalue weighted by atomic mass is 10.2. The number of thiazole rings is 1. The summed E-state index contributed by atoms with van der Waals surface area (Å²) in [6.45, 7) is 0. The topological polar surface area (TPSA) is 105 Å². The van der Waals surface area contributed by atoms with E-state index in [0.29, 0.717) is 15.2 Å². The zero-order valence-corrected chi connectivity index (χ0v) is 16.8. The van der Waals surface area contributed by atoms with Gasteiger partial charge in [0, 0.05) is 11.3 Å². The summed E-state index contributed by atoms with van der Waals surface area (Å²) in [4.78, 5) is 28.5. The van der Waals surface area contributed by atoms with Gasteiger partial charge >= 0.3 is 6.03 Å². The number of hydrogen-bond donors (Lipinski definition) is 2. The van der Waals surface area contributed by atoms with Crippen molar-refractivity contribution in [3.05, 3.63) is 52.0 Å². The highest BCUT2D eigenvalue weighted by molar-refractivity contribution is 7.90. The van der Waals surface area contributed by atoms with Crippen LogP contribution in [-0.2, 0) is 9.84 Å². The Balaban J connectivity index is 1.74. The van der Waals surface area contributed by atoms with Gasteiger partial charge in [-0.1, -0.05) is 34.5 Å². The number of hydrogen-bond acceptors (Lipinski definition) is 6. The van der Waals surface area contributed by atoms with Gasteiger partial charge < -0.3 is 0 Å². The normalized spacial score (nSPS) is 11.4. The Labute approximate surface area is 168 Å². The molecule has 3 rings (SSSR count). The van der Waals surface area contributed by atoms with E-state index in [-0.39, 0.29) is 20.6 Å². The van der Waals surface area contributed by atoms with Gasteiger partial charge in [-0.25, -0.2) is 18.2 Å². The Morgan fingerprint density at radius 1 is 1.11 bits per heavy atom. The summed E-state index contributed by atoms with van der Waals surface area (Å²) in [5, 5.41) is 5.27. The minimum atomic E-state index is -3.35. The summed E-state index contributed by atoms with van der Waals surface area (Å²) in [7, 11) is -3.35. The second kappa shape index (κ2) is 7.43. The first-order valence-corrected chi connectivity index (χ1v) is 10.8. The molecule has 1 heterocycles. The van der Waals surface area contributed by atoms with E-state index in [1.807, 2.05) is 0 Å². The Kier molecular flexibility index (Phi) is 5.38. The number of carbonyl (C=O) groups is 2. The number of rotatable bonds is 3. The standard InChI is InChI=1S/C16H11Cl2N3O4S2/c1-27(24,25)9-3-5-12-13(7-9)26-16(19-12)21-15(23)20-14(22)10-4-2-8(17)6-11(10)18/h2-7H,1H3,(H2,19,20,21,22,23). The molecule has 7 nitrogen and oxygen atoms in total. The number of fused-ring (bicyclic) bond motifs is 1. The third kappa shape index (κ3) is 4.56. The molecule has 0 aliphatic rings. The van der Waals surface area contributed by atoms with Crippen molar-refractivity contribution in [3.8, 4) is 0 Å². The van der Waals surface area contributed by atoms with Crippen LogP contribution in [0.15, 0.2) is 41.3 Å². The maximum atomic E-state index is 12.1. The van der Waals surface area contributed by atoms with Gasteiger partial charge in [-0.15, -0.1) is 0 Å². The molecule has 0 aliphatic carbocycles. The highest BCUT2D eigenvalue weighted by atomic mass is 35.5. The van der Waals surface area contributed by atoms with Gasteiger partial charge in [0.1, 0.15) is 0 Å². The maximum Gasteiger partial charge on any atom is 0.327 e. The van der Waals surface area contributed by atoms with Crippen molar-refractivity contribution in [1.29, 1.82) is 0 Å². The predicted octanol–water partition coefficient (Wildman–Crippen LogP) is 3.97. The van der Waals surface area contributed by atoms with Crippen LogP contribution in [0.3, 0.4) is 0 Å². The SMILES string of the molecule is CS(=O)(=O)c1ccc2nc(NC(=O)NC(=O)c3ccc(Cl)cc3Cl)sc2c1. The number of halogens is 2. The minimum Gasteiger partial charge on any atom is -0.283 e. The molecule has 11 heteroatoms. The summed E-state index contributed by atoms with van der Waals surface area (Å²) < 4.78 is 23.8. The summed E-state index contributed by atoms with van der Waals surface area (Å²) in [5.74, 6) is -0.699. The number of sulfone groups is 1. The number of urea groups is 1. The predicted molar refractivity (Wildman–Crippen MR) is 106 cm³/mol. The third-order valence-corrected chi connectivity index (χ3v) is 6.00. The Hall–Kier alpha value is -2.20. The Bertz CT molecular complexity index is 1180. The Morgan fingerprint density at radius 2 is 1.85 bits per heavy atom. The molecule has 0 unspecified atom stereocenters. The Morgan fingerprint density at radius 3 is 2.52 bits per heavy atom. The van der Waals surface area contributed by atoms with Crippen molar-refractivity contribution in [2.24, 2.45) is 0 Å². The molecule has 0 spiro atoms. The molecule has 0 saturated carbocycles. The molecule has 2 N–H and O–H groups in total. The molecule has 3 amide bonds. The number of anilines is 1.